The molecule has 0 bridgehead atoms. The Kier molecular flexibility index (Phi) is 4.87. The highest BCUT2D eigenvalue weighted by Crippen LogP contribution is 2.27. The quantitative estimate of drug-likeness (QED) is 0.828. The molecular formula is C17H22ClFN2O. The molecule has 0 unspecified atom stereocenters. The predicted molar refractivity (Wildman–Crippen MR) is 86.8 cm³/mol. The molecule has 0 radical (unpaired) electrons. The molecule has 22 heavy (non-hydrogen) atoms. The Balaban J connectivity index is 1.57. The van der Waals surface area contributed by atoms with Crippen LogP contribution in [0.5, 0.6) is 0 Å². The smallest absolute Gasteiger partial charge is 0.225 e. The van der Waals surface area contributed by atoms with Crippen LogP contribution in [0.1, 0.15) is 32.1 Å². The summed E-state index contributed by atoms with van der Waals surface area (Å²) in [5.74, 6) is 0.175. The molecule has 1 aromatic rings. The second kappa shape index (κ2) is 6.86. The predicted octanol–water partition coefficient (Wildman–Crippen LogP) is 3.71. The number of carbonyl (C=O) groups excluding carboxylic acids is 1. The number of amides is 1. The standard InChI is InChI=1S/C17H22ClFN2O/c18-15-12-14(6-7-16(15)19)20-8-10-21(11-9-20)17(22)13-4-2-1-3-5-13/h6-7,12-13H,1-5,8-11H2. The number of anilines is 1. The van der Waals surface area contributed by atoms with Crippen molar-refractivity contribution >= 4 is 23.2 Å². The van der Waals surface area contributed by atoms with Gasteiger partial charge in [0.05, 0.1) is 5.02 Å². The molecule has 3 rings (SSSR count). The first-order chi connectivity index (χ1) is 10.6. The number of nitrogens with zero attached hydrogens (tertiary/aromatic N) is 2. The van der Waals surface area contributed by atoms with Crippen molar-refractivity contribution in [2.75, 3.05) is 31.1 Å². The van der Waals surface area contributed by atoms with Crippen LogP contribution in [0.3, 0.4) is 0 Å². The molecule has 3 nitrogen and oxygen atoms in total. The van der Waals surface area contributed by atoms with E-state index in [1.807, 2.05) is 4.90 Å². The van der Waals surface area contributed by atoms with Gasteiger partial charge < -0.3 is 9.80 Å². The lowest BCUT2D eigenvalue weighted by atomic mass is 9.88. The first kappa shape index (κ1) is 15.6. The second-order valence-corrected chi connectivity index (χ2v) is 6.65. The number of benzene rings is 1. The number of rotatable bonds is 2. The van der Waals surface area contributed by atoms with Gasteiger partial charge in [-0.05, 0) is 31.0 Å². The highest BCUT2D eigenvalue weighted by atomic mass is 35.5. The monoisotopic (exact) mass is 324 g/mol. The molecule has 0 atom stereocenters. The van der Waals surface area contributed by atoms with Crippen LogP contribution >= 0.6 is 11.6 Å². The van der Waals surface area contributed by atoms with Gasteiger partial charge in [0.1, 0.15) is 5.82 Å². The maximum Gasteiger partial charge on any atom is 0.225 e. The molecule has 1 heterocycles. The zero-order valence-electron chi connectivity index (χ0n) is 12.7. The maximum absolute atomic E-state index is 13.2. The zero-order valence-corrected chi connectivity index (χ0v) is 13.5. The summed E-state index contributed by atoms with van der Waals surface area (Å²) in [5.41, 5.74) is 0.927. The van der Waals surface area contributed by atoms with E-state index in [0.717, 1.165) is 44.7 Å². The third kappa shape index (κ3) is 3.37. The van der Waals surface area contributed by atoms with Crippen LogP contribution in [-0.2, 0) is 4.79 Å². The van der Waals surface area contributed by atoms with Gasteiger partial charge in [0.25, 0.3) is 0 Å². The Morgan fingerprint density at radius 2 is 1.77 bits per heavy atom. The first-order valence-corrected chi connectivity index (χ1v) is 8.52. The van der Waals surface area contributed by atoms with E-state index in [9.17, 15) is 9.18 Å². The van der Waals surface area contributed by atoms with Crippen molar-refractivity contribution in [1.82, 2.24) is 4.90 Å². The number of hydrogen-bond donors (Lipinski definition) is 0. The van der Waals surface area contributed by atoms with Crippen molar-refractivity contribution in [3.8, 4) is 0 Å². The Morgan fingerprint density at radius 3 is 2.41 bits per heavy atom. The SMILES string of the molecule is O=C(C1CCCCC1)N1CCN(c2ccc(F)c(Cl)c2)CC1. The molecule has 0 spiro atoms. The van der Waals surface area contributed by atoms with Gasteiger partial charge in [0.2, 0.25) is 5.91 Å². The maximum atomic E-state index is 13.2. The fourth-order valence-corrected chi connectivity index (χ4v) is 3.65. The molecule has 2 aliphatic rings. The average molecular weight is 325 g/mol. The van der Waals surface area contributed by atoms with Gasteiger partial charge in [-0.1, -0.05) is 30.9 Å². The summed E-state index contributed by atoms with van der Waals surface area (Å²) in [4.78, 5) is 16.7. The van der Waals surface area contributed by atoms with Crippen molar-refractivity contribution in [2.45, 2.75) is 32.1 Å². The summed E-state index contributed by atoms with van der Waals surface area (Å²) in [5, 5.41) is 0.151. The fourth-order valence-electron chi connectivity index (χ4n) is 3.47. The topological polar surface area (TPSA) is 23.6 Å². The van der Waals surface area contributed by atoms with Crippen LogP contribution in [0.25, 0.3) is 0 Å². The Bertz CT molecular complexity index is 537. The van der Waals surface area contributed by atoms with Gasteiger partial charge >= 0.3 is 0 Å². The zero-order chi connectivity index (χ0) is 15.5. The molecule has 1 saturated carbocycles. The third-order valence-electron chi connectivity index (χ3n) is 4.81. The fraction of sp³-hybridized carbons (Fsp3) is 0.588. The minimum absolute atomic E-state index is 0.151. The number of hydrogen-bond acceptors (Lipinski definition) is 2. The summed E-state index contributed by atoms with van der Waals surface area (Å²) >= 11 is 5.85. The Hall–Kier alpha value is -1.29. The second-order valence-electron chi connectivity index (χ2n) is 6.25. The van der Waals surface area contributed by atoms with Crippen LogP contribution in [0.4, 0.5) is 10.1 Å². The summed E-state index contributed by atoms with van der Waals surface area (Å²) in [6.45, 7) is 3.04. The van der Waals surface area contributed by atoms with Crippen LogP contribution < -0.4 is 4.90 Å². The van der Waals surface area contributed by atoms with Crippen LogP contribution in [0.2, 0.25) is 5.02 Å². The lowest BCUT2D eigenvalue weighted by molar-refractivity contribution is -0.136. The highest BCUT2D eigenvalue weighted by molar-refractivity contribution is 6.31. The Labute approximate surface area is 136 Å². The molecule has 2 fully saturated rings. The Morgan fingerprint density at radius 1 is 1.09 bits per heavy atom. The van der Waals surface area contributed by atoms with Crippen molar-refractivity contribution in [3.05, 3.63) is 29.0 Å². The van der Waals surface area contributed by atoms with E-state index in [1.165, 1.54) is 25.3 Å². The summed E-state index contributed by atoms with van der Waals surface area (Å²) in [6, 6.07) is 4.81. The number of halogens is 2. The number of carbonyl (C=O) groups is 1. The minimum Gasteiger partial charge on any atom is -0.368 e. The van der Waals surface area contributed by atoms with E-state index < -0.39 is 5.82 Å². The van der Waals surface area contributed by atoms with Gasteiger partial charge in [-0.25, -0.2) is 4.39 Å². The molecule has 1 aromatic carbocycles. The molecule has 5 heteroatoms. The van der Waals surface area contributed by atoms with Crippen molar-refractivity contribution in [3.63, 3.8) is 0 Å². The van der Waals surface area contributed by atoms with E-state index in [1.54, 1.807) is 12.1 Å². The highest BCUT2D eigenvalue weighted by Gasteiger charge is 2.28. The van der Waals surface area contributed by atoms with E-state index in [0.29, 0.717) is 5.91 Å². The van der Waals surface area contributed by atoms with E-state index >= 15 is 0 Å². The van der Waals surface area contributed by atoms with E-state index in [4.69, 9.17) is 11.6 Å². The summed E-state index contributed by atoms with van der Waals surface area (Å²) in [6.07, 6.45) is 5.73. The minimum atomic E-state index is -0.392. The van der Waals surface area contributed by atoms with Gasteiger partial charge in [0, 0.05) is 37.8 Å². The molecule has 1 saturated heterocycles. The average Bonchev–Trinajstić information content (AvgIpc) is 2.58. The molecule has 1 amide bonds. The summed E-state index contributed by atoms with van der Waals surface area (Å²) in [7, 11) is 0. The number of piperazine rings is 1. The summed E-state index contributed by atoms with van der Waals surface area (Å²) < 4.78 is 13.2. The van der Waals surface area contributed by atoms with Gasteiger partial charge in [-0.3, -0.25) is 4.79 Å². The molecule has 0 aromatic heterocycles. The molecular weight excluding hydrogens is 303 g/mol. The van der Waals surface area contributed by atoms with E-state index in [2.05, 4.69) is 4.90 Å². The van der Waals surface area contributed by atoms with Gasteiger partial charge in [-0.2, -0.15) is 0 Å². The lowest BCUT2D eigenvalue weighted by Crippen LogP contribution is -2.50. The molecule has 1 aliphatic carbocycles. The van der Waals surface area contributed by atoms with E-state index in [-0.39, 0.29) is 10.9 Å². The van der Waals surface area contributed by atoms with Crippen molar-refractivity contribution in [2.24, 2.45) is 5.92 Å². The normalized spacial score (nSPS) is 20.3. The van der Waals surface area contributed by atoms with Crippen LogP contribution in [-0.4, -0.2) is 37.0 Å². The molecule has 0 N–H and O–H groups in total. The van der Waals surface area contributed by atoms with Crippen molar-refractivity contribution < 1.29 is 9.18 Å². The largest absolute Gasteiger partial charge is 0.368 e. The third-order valence-corrected chi connectivity index (χ3v) is 5.10. The van der Waals surface area contributed by atoms with Crippen LogP contribution in [0, 0.1) is 11.7 Å². The first-order valence-electron chi connectivity index (χ1n) is 8.14. The van der Waals surface area contributed by atoms with Crippen LogP contribution in [0.15, 0.2) is 18.2 Å². The van der Waals surface area contributed by atoms with Gasteiger partial charge in [-0.15, -0.1) is 0 Å². The van der Waals surface area contributed by atoms with Crippen molar-refractivity contribution in [1.29, 1.82) is 0 Å². The molecule has 1 aliphatic heterocycles. The molecule has 120 valence electrons. The van der Waals surface area contributed by atoms with Gasteiger partial charge in [0.15, 0.2) is 0 Å². The lowest BCUT2D eigenvalue weighted by Gasteiger charge is -2.38.